The first kappa shape index (κ1) is 13.7. The van der Waals surface area contributed by atoms with Crippen molar-refractivity contribution in [1.29, 1.82) is 0 Å². The maximum Gasteiger partial charge on any atom is 0.244 e. The van der Waals surface area contributed by atoms with Crippen LogP contribution in [0.5, 0.6) is 11.5 Å². The molecule has 0 aromatic heterocycles. The van der Waals surface area contributed by atoms with Gasteiger partial charge in [-0.05, 0) is 50.0 Å². The number of allylic oxidation sites excluding steroid dienone is 1. The van der Waals surface area contributed by atoms with Gasteiger partial charge in [0.05, 0.1) is 0 Å². The Bertz CT molecular complexity index is 604. The third-order valence-corrected chi connectivity index (χ3v) is 3.72. The molecule has 0 bridgehead atoms. The lowest BCUT2D eigenvalue weighted by atomic mass is 9.97. The molecule has 1 aliphatic carbocycles. The van der Waals surface area contributed by atoms with Crippen LogP contribution in [0.3, 0.4) is 0 Å². The van der Waals surface area contributed by atoms with Gasteiger partial charge in [0.25, 0.3) is 0 Å². The van der Waals surface area contributed by atoms with E-state index >= 15 is 0 Å². The van der Waals surface area contributed by atoms with E-state index in [1.807, 2.05) is 18.2 Å². The normalized spacial score (nSPS) is 20.4. The average molecular weight is 285 g/mol. The van der Waals surface area contributed by atoms with E-state index in [0.717, 1.165) is 36.3 Å². The minimum absolute atomic E-state index is 0.0661. The van der Waals surface area contributed by atoms with Crippen molar-refractivity contribution in [2.45, 2.75) is 32.2 Å². The summed E-state index contributed by atoms with van der Waals surface area (Å²) in [6.07, 6.45) is 8.79. The number of hydrogen-bond donors (Lipinski definition) is 1. The van der Waals surface area contributed by atoms with Crippen LogP contribution in [0.1, 0.15) is 31.7 Å². The standard InChI is InChI=1S/C17H19NO3/c1-12-3-2-4-14(9-12)18-17(19)8-6-13-5-7-15-16(10-13)21-11-20-15/h5-10,14H,2-4,11H2,1H3,(H,18,19)/b8-6+. The van der Waals surface area contributed by atoms with Gasteiger partial charge >= 0.3 is 0 Å². The zero-order valence-electron chi connectivity index (χ0n) is 12.1. The van der Waals surface area contributed by atoms with Gasteiger partial charge in [-0.3, -0.25) is 4.79 Å². The van der Waals surface area contributed by atoms with Gasteiger partial charge in [-0.25, -0.2) is 0 Å². The summed E-state index contributed by atoms with van der Waals surface area (Å²) in [6, 6.07) is 5.79. The average Bonchev–Trinajstić information content (AvgIpc) is 2.92. The van der Waals surface area contributed by atoms with Crippen LogP contribution in [0.15, 0.2) is 35.9 Å². The van der Waals surface area contributed by atoms with Crippen LogP contribution in [0, 0.1) is 0 Å². The number of amides is 1. The number of hydrogen-bond acceptors (Lipinski definition) is 3. The first-order valence-electron chi connectivity index (χ1n) is 7.26. The van der Waals surface area contributed by atoms with Crippen molar-refractivity contribution in [2.75, 3.05) is 6.79 Å². The summed E-state index contributed by atoms with van der Waals surface area (Å²) in [4.78, 5) is 11.9. The molecular formula is C17H19NO3. The predicted molar refractivity (Wildman–Crippen MR) is 81.1 cm³/mol. The summed E-state index contributed by atoms with van der Waals surface area (Å²) in [5, 5.41) is 3.01. The zero-order valence-corrected chi connectivity index (χ0v) is 12.1. The highest BCUT2D eigenvalue weighted by molar-refractivity contribution is 5.92. The lowest BCUT2D eigenvalue weighted by molar-refractivity contribution is -0.116. The lowest BCUT2D eigenvalue weighted by Gasteiger charge is -2.19. The Labute approximate surface area is 124 Å². The summed E-state index contributed by atoms with van der Waals surface area (Å²) in [7, 11) is 0. The largest absolute Gasteiger partial charge is 0.454 e. The summed E-state index contributed by atoms with van der Waals surface area (Å²) in [5.41, 5.74) is 2.27. The van der Waals surface area contributed by atoms with Crippen molar-refractivity contribution in [1.82, 2.24) is 5.32 Å². The second-order valence-electron chi connectivity index (χ2n) is 5.47. The molecule has 1 atom stereocenters. The van der Waals surface area contributed by atoms with E-state index in [-0.39, 0.29) is 18.7 Å². The summed E-state index contributed by atoms with van der Waals surface area (Å²) in [5.74, 6) is 1.41. The second-order valence-corrected chi connectivity index (χ2v) is 5.47. The fourth-order valence-corrected chi connectivity index (χ4v) is 2.64. The van der Waals surface area contributed by atoms with Crippen LogP contribution < -0.4 is 14.8 Å². The molecule has 1 unspecified atom stereocenters. The molecule has 3 rings (SSSR count). The molecule has 0 fully saturated rings. The number of rotatable bonds is 3. The van der Waals surface area contributed by atoms with E-state index in [0.29, 0.717) is 0 Å². The summed E-state index contributed by atoms with van der Waals surface area (Å²) < 4.78 is 10.6. The number of carbonyl (C=O) groups excluding carboxylic acids is 1. The van der Waals surface area contributed by atoms with Gasteiger partial charge in [0.1, 0.15) is 0 Å². The Balaban J connectivity index is 1.60. The molecule has 0 spiro atoms. The SMILES string of the molecule is CC1=CC(NC(=O)/C=C/c2ccc3c(c2)OCO3)CCC1. The lowest BCUT2D eigenvalue weighted by Crippen LogP contribution is -2.33. The highest BCUT2D eigenvalue weighted by Gasteiger charge is 2.14. The van der Waals surface area contributed by atoms with Crippen molar-refractivity contribution >= 4 is 12.0 Å². The zero-order chi connectivity index (χ0) is 14.7. The first-order chi connectivity index (χ1) is 10.2. The smallest absolute Gasteiger partial charge is 0.244 e. The maximum absolute atomic E-state index is 11.9. The molecule has 4 nitrogen and oxygen atoms in total. The fraction of sp³-hybridized carbons (Fsp3) is 0.353. The van der Waals surface area contributed by atoms with Crippen molar-refractivity contribution in [3.05, 3.63) is 41.5 Å². The third kappa shape index (κ3) is 3.45. The number of ether oxygens (including phenoxy) is 2. The Morgan fingerprint density at radius 3 is 3.05 bits per heavy atom. The molecule has 1 amide bonds. The predicted octanol–water partition coefficient (Wildman–Crippen LogP) is 3.04. The van der Waals surface area contributed by atoms with Crippen LogP contribution in [0.2, 0.25) is 0 Å². The van der Waals surface area contributed by atoms with E-state index in [9.17, 15) is 4.79 Å². The van der Waals surface area contributed by atoms with Gasteiger partial charge in [-0.2, -0.15) is 0 Å². The molecule has 1 aromatic carbocycles. The Morgan fingerprint density at radius 1 is 1.33 bits per heavy atom. The summed E-state index contributed by atoms with van der Waals surface area (Å²) >= 11 is 0. The molecule has 0 saturated heterocycles. The fourth-order valence-electron chi connectivity index (χ4n) is 2.64. The molecule has 0 saturated carbocycles. The molecule has 110 valence electrons. The van der Waals surface area contributed by atoms with Gasteiger partial charge in [-0.1, -0.05) is 17.7 Å². The molecule has 1 aliphatic heterocycles. The van der Waals surface area contributed by atoms with Crippen LogP contribution in [0.4, 0.5) is 0 Å². The monoisotopic (exact) mass is 285 g/mol. The second kappa shape index (κ2) is 6.04. The minimum atomic E-state index is -0.0661. The number of nitrogens with one attached hydrogen (secondary N) is 1. The molecule has 2 aliphatic rings. The Kier molecular flexibility index (Phi) is 3.95. The van der Waals surface area contributed by atoms with Crippen LogP contribution in [-0.4, -0.2) is 18.7 Å². The van der Waals surface area contributed by atoms with Crippen LogP contribution in [0.25, 0.3) is 6.08 Å². The Morgan fingerprint density at radius 2 is 2.19 bits per heavy atom. The quantitative estimate of drug-likeness (QED) is 0.686. The Hall–Kier alpha value is -2.23. The number of carbonyl (C=O) groups is 1. The van der Waals surface area contributed by atoms with Gasteiger partial charge in [0, 0.05) is 12.1 Å². The molecule has 1 heterocycles. The minimum Gasteiger partial charge on any atom is -0.454 e. The van der Waals surface area contributed by atoms with E-state index in [2.05, 4.69) is 18.3 Å². The van der Waals surface area contributed by atoms with Crippen molar-refractivity contribution < 1.29 is 14.3 Å². The van der Waals surface area contributed by atoms with Crippen molar-refractivity contribution in [2.24, 2.45) is 0 Å². The molecule has 1 aromatic rings. The number of fused-ring (bicyclic) bond motifs is 1. The third-order valence-electron chi connectivity index (χ3n) is 3.72. The molecular weight excluding hydrogens is 266 g/mol. The van der Waals surface area contributed by atoms with Gasteiger partial charge in [0.2, 0.25) is 12.7 Å². The topological polar surface area (TPSA) is 47.6 Å². The van der Waals surface area contributed by atoms with E-state index in [1.165, 1.54) is 5.57 Å². The van der Waals surface area contributed by atoms with E-state index < -0.39 is 0 Å². The van der Waals surface area contributed by atoms with Gasteiger partial charge in [-0.15, -0.1) is 0 Å². The number of benzene rings is 1. The van der Waals surface area contributed by atoms with Crippen LogP contribution in [-0.2, 0) is 4.79 Å². The first-order valence-corrected chi connectivity index (χ1v) is 7.26. The van der Waals surface area contributed by atoms with Crippen LogP contribution >= 0.6 is 0 Å². The molecule has 0 radical (unpaired) electrons. The van der Waals surface area contributed by atoms with E-state index in [4.69, 9.17) is 9.47 Å². The molecule has 4 heteroatoms. The van der Waals surface area contributed by atoms with Crippen molar-refractivity contribution in [3.63, 3.8) is 0 Å². The molecule has 21 heavy (non-hydrogen) atoms. The highest BCUT2D eigenvalue weighted by atomic mass is 16.7. The van der Waals surface area contributed by atoms with Gasteiger partial charge < -0.3 is 14.8 Å². The summed E-state index contributed by atoms with van der Waals surface area (Å²) in [6.45, 7) is 2.37. The molecule has 1 N–H and O–H groups in total. The van der Waals surface area contributed by atoms with Crippen molar-refractivity contribution in [3.8, 4) is 11.5 Å². The maximum atomic E-state index is 11.9. The highest BCUT2D eigenvalue weighted by Crippen LogP contribution is 2.32. The van der Waals surface area contributed by atoms with E-state index in [1.54, 1.807) is 12.2 Å². The van der Waals surface area contributed by atoms with Gasteiger partial charge in [0.15, 0.2) is 11.5 Å².